The Balaban J connectivity index is 0.00000225. The molecule has 1 fully saturated rings. The zero-order valence-corrected chi connectivity index (χ0v) is 15.2. The van der Waals surface area contributed by atoms with Gasteiger partial charge in [0.25, 0.3) is 5.92 Å². The fourth-order valence-corrected chi connectivity index (χ4v) is 3.53. The topological polar surface area (TPSA) is 50.4 Å². The lowest BCUT2D eigenvalue weighted by Gasteiger charge is -2.10. The molecule has 3 rings (SSSR count). The molecule has 25 heavy (non-hydrogen) atoms. The molecule has 8 heteroatoms. The number of halogens is 3. The molecule has 0 saturated carbocycles. The molecule has 0 bridgehead atoms. The second-order valence-electron chi connectivity index (χ2n) is 5.71. The third-order valence-corrected chi connectivity index (χ3v) is 5.03. The summed E-state index contributed by atoms with van der Waals surface area (Å²) in [4.78, 5) is 14.0. The van der Waals surface area contributed by atoms with Gasteiger partial charge < -0.3 is 10.1 Å². The number of rotatable bonds is 5. The van der Waals surface area contributed by atoms with Gasteiger partial charge in [-0.05, 0) is 42.0 Å². The second kappa shape index (κ2) is 8.12. The van der Waals surface area contributed by atoms with E-state index in [1.165, 1.54) is 0 Å². The molecule has 1 saturated heterocycles. The number of carbonyl (C=O) groups excluding carboxylic acids is 1. The summed E-state index contributed by atoms with van der Waals surface area (Å²) in [6.07, 6.45) is -0.444. The maximum absolute atomic E-state index is 13.1. The summed E-state index contributed by atoms with van der Waals surface area (Å²) in [5, 5.41) is 5.27. The van der Waals surface area contributed by atoms with Crippen LogP contribution in [0.25, 0.3) is 10.4 Å². The number of amides is 1. The molecule has 2 aromatic rings. The molecular weight excluding hydrogens is 370 g/mol. The molecule has 2 heterocycles. The minimum absolute atomic E-state index is 0. The van der Waals surface area contributed by atoms with Crippen molar-refractivity contribution in [2.75, 3.05) is 13.7 Å². The summed E-state index contributed by atoms with van der Waals surface area (Å²) in [6.45, 7) is -0.102. The number of methoxy groups -OCH3 is 1. The van der Waals surface area contributed by atoms with Gasteiger partial charge in [0.2, 0.25) is 5.91 Å². The average molecular weight is 389 g/mol. The van der Waals surface area contributed by atoms with Crippen LogP contribution in [0.15, 0.2) is 36.4 Å². The van der Waals surface area contributed by atoms with Gasteiger partial charge in [0.15, 0.2) is 0 Å². The molecule has 1 atom stereocenters. The van der Waals surface area contributed by atoms with E-state index in [-0.39, 0.29) is 18.3 Å². The highest BCUT2D eigenvalue weighted by molar-refractivity contribution is 7.15. The van der Waals surface area contributed by atoms with Crippen LogP contribution in [0, 0.1) is 0 Å². The van der Waals surface area contributed by atoms with Crippen molar-refractivity contribution in [3.8, 4) is 16.2 Å². The number of nitrogens with one attached hydrogen (secondary N) is 2. The van der Waals surface area contributed by atoms with Crippen LogP contribution in [-0.2, 0) is 11.3 Å². The molecule has 0 aliphatic carbocycles. The van der Waals surface area contributed by atoms with Crippen molar-refractivity contribution >= 4 is 29.7 Å². The smallest absolute Gasteiger partial charge is 0.262 e. The van der Waals surface area contributed by atoms with Crippen molar-refractivity contribution in [1.82, 2.24) is 10.6 Å². The summed E-state index contributed by atoms with van der Waals surface area (Å²) in [6, 6.07) is 10.8. The molecule has 136 valence electrons. The quantitative estimate of drug-likeness (QED) is 0.824. The normalized spacial score (nSPS) is 18.4. The van der Waals surface area contributed by atoms with E-state index in [1.807, 2.05) is 36.4 Å². The predicted molar refractivity (Wildman–Crippen MR) is 96.8 cm³/mol. The van der Waals surface area contributed by atoms with Gasteiger partial charge in [-0.25, -0.2) is 8.78 Å². The van der Waals surface area contributed by atoms with Crippen molar-refractivity contribution in [3.63, 3.8) is 0 Å². The molecule has 0 radical (unpaired) electrons. The minimum atomic E-state index is -2.80. The highest BCUT2D eigenvalue weighted by Gasteiger charge is 2.42. The van der Waals surface area contributed by atoms with Gasteiger partial charge in [-0.2, -0.15) is 0 Å². The third-order valence-electron chi connectivity index (χ3n) is 3.90. The fourth-order valence-electron chi connectivity index (χ4n) is 2.58. The van der Waals surface area contributed by atoms with Crippen molar-refractivity contribution < 1.29 is 18.3 Å². The van der Waals surface area contributed by atoms with Crippen LogP contribution in [-0.4, -0.2) is 31.5 Å². The molecule has 1 aromatic heterocycles. The van der Waals surface area contributed by atoms with E-state index < -0.39 is 24.9 Å². The van der Waals surface area contributed by atoms with Gasteiger partial charge in [-0.1, -0.05) is 0 Å². The molecule has 1 aliphatic rings. The van der Waals surface area contributed by atoms with Crippen LogP contribution >= 0.6 is 23.7 Å². The lowest BCUT2D eigenvalue weighted by molar-refractivity contribution is -0.123. The summed E-state index contributed by atoms with van der Waals surface area (Å²) in [7, 11) is 1.62. The van der Waals surface area contributed by atoms with E-state index in [2.05, 4.69) is 10.6 Å². The number of alkyl halides is 2. The standard InChI is InChI=1S/C17H18F2N2O2S.ClH/c1-23-12-4-2-11(3-5-12)15-7-6-13(24-15)9-20-16(22)14-8-17(18,19)10-21-14;/h2-7,14,21H,8-10H2,1H3,(H,20,22);1H. The zero-order chi connectivity index (χ0) is 17.2. The van der Waals surface area contributed by atoms with E-state index in [1.54, 1.807) is 18.4 Å². The maximum Gasteiger partial charge on any atom is 0.262 e. The van der Waals surface area contributed by atoms with Gasteiger partial charge in [0, 0.05) is 16.2 Å². The summed E-state index contributed by atoms with van der Waals surface area (Å²) in [5.74, 6) is -2.39. The summed E-state index contributed by atoms with van der Waals surface area (Å²) >= 11 is 1.56. The maximum atomic E-state index is 13.1. The number of hydrogen-bond acceptors (Lipinski definition) is 4. The first-order valence-corrected chi connectivity index (χ1v) is 8.40. The lowest BCUT2D eigenvalue weighted by Crippen LogP contribution is -2.39. The molecular formula is C17H19ClF2N2O2S. The average Bonchev–Trinajstić information content (AvgIpc) is 3.19. The molecule has 0 spiro atoms. The first kappa shape index (κ1) is 19.6. The van der Waals surface area contributed by atoms with E-state index in [0.717, 1.165) is 21.1 Å². The fraction of sp³-hybridized carbons (Fsp3) is 0.353. The van der Waals surface area contributed by atoms with E-state index >= 15 is 0 Å². The minimum Gasteiger partial charge on any atom is -0.497 e. The van der Waals surface area contributed by atoms with Crippen LogP contribution in [0.5, 0.6) is 5.75 Å². The Labute approximate surface area is 155 Å². The Morgan fingerprint density at radius 2 is 2.04 bits per heavy atom. The lowest BCUT2D eigenvalue weighted by atomic mass is 10.2. The number of hydrogen-bond donors (Lipinski definition) is 2. The summed E-state index contributed by atoms with van der Waals surface area (Å²) < 4.78 is 31.4. The second-order valence-corrected chi connectivity index (χ2v) is 6.87. The third kappa shape index (κ3) is 4.90. The Morgan fingerprint density at radius 1 is 1.32 bits per heavy atom. The van der Waals surface area contributed by atoms with Gasteiger partial charge >= 0.3 is 0 Å². The van der Waals surface area contributed by atoms with E-state index in [9.17, 15) is 13.6 Å². The van der Waals surface area contributed by atoms with E-state index in [0.29, 0.717) is 6.54 Å². The first-order valence-electron chi connectivity index (χ1n) is 7.59. The number of ether oxygens (including phenoxy) is 1. The largest absolute Gasteiger partial charge is 0.497 e. The molecule has 1 aliphatic heterocycles. The number of carbonyl (C=O) groups is 1. The van der Waals surface area contributed by atoms with Crippen molar-refractivity contribution in [3.05, 3.63) is 41.3 Å². The predicted octanol–water partition coefficient (Wildman–Crippen LogP) is 3.46. The SMILES string of the molecule is COc1ccc(-c2ccc(CNC(=O)C3CC(F)(F)CN3)s2)cc1.Cl. The van der Waals surface area contributed by atoms with Gasteiger partial charge in [-0.3, -0.25) is 10.1 Å². The molecule has 1 unspecified atom stereocenters. The van der Waals surface area contributed by atoms with Crippen LogP contribution in [0.3, 0.4) is 0 Å². The van der Waals surface area contributed by atoms with Crippen LogP contribution in [0.2, 0.25) is 0 Å². The van der Waals surface area contributed by atoms with Crippen molar-refractivity contribution in [2.24, 2.45) is 0 Å². The Hall–Kier alpha value is -1.70. The number of thiophene rings is 1. The van der Waals surface area contributed by atoms with Gasteiger partial charge in [0.05, 0.1) is 26.2 Å². The molecule has 2 N–H and O–H groups in total. The Bertz CT molecular complexity index is 722. The van der Waals surface area contributed by atoms with Crippen molar-refractivity contribution in [2.45, 2.75) is 24.9 Å². The number of benzene rings is 1. The molecule has 4 nitrogen and oxygen atoms in total. The monoisotopic (exact) mass is 388 g/mol. The highest BCUT2D eigenvalue weighted by atomic mass is 35.5. The molecule has 1 amide bonds. The van der Waals surface area contributed by atoms with Gasteiger partial charge in [0.1, 0.15) is 5.75 Å². The summed E-state index contributed by atoms with van der Waals surface area (Å²) in [5.41, 5.74) is 1.07. The van der Waals surface area contributed by atoms with Crippen LogP contribution < -0.4 is 15.4 Å². The van der Waals surface area contributed by atoms with Gasteiger partial charge in [-0.15, -0.1) is 23.7 Å². The molecule has 1 aromatic carbocycles. The van der Waals surface area contributed by atoms with E-state index in [4.69, 9.17) is 4.74 Å². The van der Waals surface area contributed by atoms with Crippen LogP contribution in [0.4, 0.5) is 8.78 Å². The first-order chi connectivity index (χ1) is 11.5. The Morgan fingerprint density at radius 3 is 2.64 bits per heavy atom. The van der Waals surface area contributed by atoms with Crippen LogP contribution in [0.1, 0.15) is 11.3 Å². The zero-order valence-electron chi connectivity index (χ0n) is 13.6. The Kier molecular flexibility index (Phi) is 6.37. The highest BCUT2D eigenvalue weighted by Crippen LogP contribution is 2.29. The van der Waals surface area contributed by atoms with Crippen molar-refractivity contribution in [1.29, 1.82) is 0 Å².